The van der Waals surface area contributed by atoms with Crippen LogP contribution in [0.4, 0.5) is 5.82 Å². The summed E-state index contributed by atoms with van der Waals surface area (Å²) in [5.74, 6) is 1.22. The van der Waals surface area contributed by atoms with Crippen LogP contribution in [0.2, 0.25) is 0 Å². The first-order valence-corrected chi connectivity index (χ1v) is 12.0. The number of hydrogen-bond acceptors (Lipinski definition) is 6. The average Bonchev–Trinajstić information content (AvgIpc) is 3.35. The minimum atomic E-state index is -0.453. The highest BCUT2D eigenvalue weighted by Gasteiger charge is 2.19. The molecule has 1 aliphatic rings. The molecule has 0 unspecified atom stereocenters. The van der Waals surface area contributed by atoms with E-state index in [0.29, 0.717) is 42.6 Å². The maximum Gasteiger partial charge on any atom is 0.332 e. The molecule has 2 aromatic rings. The van der Waals surface area contributed by atoms with Gasteiger partial charge in [0.2, 0.25) is 5.90 Å². The van der Waals surface area contributed by atoms with Gasteiger partial charge in [-0.15, -0.1) is 0 Å². The average molecular weight is 469 g/mol. The van der Waals surface area contributed by atoms with Gasteiger partial charge in [0, 0.05) is 37.7 Å². The van der Waals surface area contributed by atoms with Gasteiger partial charge in [0.15, 0.2) is 0 Å². The lowest BCUT2D eigenvalue weighted by Crippen LogP contribution is -2.40. The van der Waals surface area contributed by atoms with Crippen LogP contribution in [0.5, 0.6) is 0 Å². The standard InChI is InChI=1S/C26H36N4O4/c1-18(10-12-21-13-11-19(2)27-16-21)24(34-17-22-8-5-6-9-22)28-23-20(3)25(32)30(14-7-15-31)26(33)29(23)4/h10-11,13,16,22,31H,5-9,12,14-15,17H2,1-4H3/b18-10-,28-24+. The van der Waals surface area contributed by atoms with Gasteiger partial charge in [0.25, 0.3) is 5.56 Å². The van der Waals surface area contributed by atoms with Gasteiger partial charge in [-0.2, -0.15) is 4.99 Å². The van der Waals surface area contributed by atoms with Crippen molar-refractivity contribution in [2.45, 2.75) is 65.8 Å². The van der Waals surface area contributed by atoms with Crippen LogP contribution in [0.1, 0.15) is 55.8 Å². The second kappa shape index (κ2) is 11.9. The second-order valence-corrected chi connectivity index (χ2v) is 9.10. The lowest BCUT2D eigenvalue weighted by molar-refractivity contribution is 0.240. The number of nitrogens with zero attached hydrogens (tertiary/aromatic N) is 4. The Morgan fingerprint density at radius 2 is 2.00 bits per heavy atom. The zero-order valence-electron chi connectivity index (χ0n) is 20.7. The molecule has 2 aromatic heterocycles. The number of aliphatic hydroxyl groups excluding tert-OH is 1. The number of hydrogen-bond donors (Lipinski definition) is 1. The highest BCUT2D eigenvalue weighted by Crippen LogP contribution is 2.25. The Morgan fingerprint density at radius 1 is 1.26 bits per heavy atom. The summed E-state index contributed by atoms with van der Waals surface area (Å²) in [7, 11) is 1.61. The van der Waals surface area contributed by atoms with Gasteiger partial charge < -0.3 is 9.84 Å². The molecule has 0 bridgehead atoms. The first-order chi connectivity index (χ1) is 16.3. The van der Waals surface area contributed by atoms with Crippen molar-refractivity contribution in [3.05, 3.63) is 67.6 Å². The maximum atomic E-state index is 12.9. The quantitative estimate of drug-likeness (QED) is 0.449. The van der Waals surface area contributed by atoms with Crippen molar-refractivity contribution >= 4 is 11.7 Å². The Morgan fingerprint density at radius 3 is 2.65 bits per heavy atom. The number of rotatable bonds is 9. The van der Waals surface area contributed by atoms with E-state index in [-0.39, 0.29) is 13.2 Å². The fourth-order valence-electron chi connectivity index (χ4n) is 4.17. The number of aromatic nitrogens is 3. The van der Waals surface area contributed by atoms with Gasteiger partial charge in [-0.05, 0) is 64.0 Å². The normalized spacial score (nSPS) is 15.2. The lowest BCUT2D eigenvalue weighted by atomic mass is 10.1. The van der Waals surface area contributed by atoms with Gasteiger partial charge in [0.1, 0.15) is 5.82 Å². The Labute approximate surface area is 200 Å². The summed E-state index contributed by atoms with van der Waals surface area (Å²) in [5, 5.41) is 9.11. The molecule has 34 heavy (non-hydrogen) atoms. The van der Waals surface area contributed by atoms with Crippen LogP contribution in [-0.2, 0) is 24.8 Å². The van der Waals surface area contributed by atoms with E-state index in [1.807, 2.05) is 38.3 Å². The van der Waals surface area contributed by atoms with Crippen LogP contribution in [0, 0.1) is 19.8 Å². The summed E-state index contributed by atoms with van der Waals surface area (Å²) >= 11 is 0. The fraction of sp³-hybridized carbons (Fsp3) is 0.538. The molecule has 1 aliphatic carbocycles. The van der Waals surface area contributed by atoms with Crippen molar-refractivity contribution in [2.24, 2.45) is 18.0 Å². The van der Waals surface area contributed by atoms with Crippen LogP contribution in [-0.4, -0.2) is 38.3 Å². The highest BCUT2D eigenvalue weighted by molar-refractivity contribution is 5.94. The van der Waals surface area contributed by atoms with Crippen LogP contribution in [0.15, 0.2) is 44.6 Å². The topological polar surface area (TPSA) is 98.7 Å². The molecule has 1 fully saturated rings. The molecule has 8 heteroatoms. The van der Waals surface area contributed by atoms with Gasteiger partial charge >= 0.3 is 5.69 Å². The molecule has 0 atom stereocenters. The summed E-state index contributed by atoms with van der Waals surface area (Å²) in [6.07, 6.45) is 9.62. The summed E-state index contributed by atoms with van der Waals surface area (Å²) in [6.45, 7) is 6.20. The minimum Gasteiger partial charge on any atom is -0.477 e. The van der Waals surface area contributed by atoms with E-state index >= 15 is 0 Å². The Balaban J connectivity index is 1.97. The minimum absolute atomic E-state index is 0.0891. The summed E-state index contributed by atoms with van der Waals surface area (Å²) in [5.41, 5.74) is 2.42. The number of aliphatic imine (C=N–C) groups is 1. The predicted molar refractivity (Wildman–Crippen MR) is 134 cm³/mol. The summed E-state index contributed by atoms with van der Waals surface area (Å²) in [4.78, 5) is 34.7. The summed E-state index contributed by atoms with van der Waals surface area (Å²) < 4.78 is 8.72. The van der Waals surface area contributed by atoms with E-state index in [1.54, 1.807) is 14.0 Å². The second-order valence-electron chi connectivity index (χ2n) is 9.10. The summed E-state index contributed by atoms with van der Waals surface area (Å²) in [6, 6.07) is 4.03. The lowest BCUT2D eigenvalue weighted by Gasteiger charge is -2.16. The zero-order chi connectivity index (χ0) is 24.7. The van der Waals surface area contributed by atoms with E-state index in [1.165, 1.54) is 17.4 Å². The molecule has 1 saturated carbocycles. The molecule has 2 heterocycles. The van der Waals surface area contributed by atoms with Crippen LogP contribution in [0.25, 0.3) is 0 Å². The van der Waals surface area contributed by atoms with Crippen molar-refractivity contribution in [1.29, 1.82) is 0 Å². The third kappa shape index (κ3) is 6.32. The van der Waals surface area contributed by atoms with Crippen LogP contribution in [0.3, 0.4) is 0 Å². The number of pyridine rings is 1. The van der Waals surface area contributed by atoms with E-state index in [9.17, 15) is 9.59 Å². The van der Waals surface area contributed by atoms with Gasteiger partial charge in [-0.3, -0.25) is 18.9 Å². The van der Waals surface area contributed by atoms with E-state index in [0.717, 1.165) is 34.2 Å². The van der Waals surface area contributed by atoms with Crippen molar-refractivity contribution in [1.82, 2.24) is 14.1 Å². The smallest absolute Gasteiger partial charge is 0.332 e. The molecule has 0 spiro atoms. The van der Waals surface area contributed by atoms with Crippen LogP contribution < -0.4 is 11.2 Å². The van der Waals surface area contributed by atoms with E-state index in [2.05, 4.69) is 4.98 Å². The number of allylic oxidation sites excluding steroid dienone is 1. The number of aliphatic hydroxyl groups is 1. The molecule has 184 valence electrons. The third-order valence-electron chi connectivity index (χ3n) is 6.37. The molecule has 3 rings (SSSR count). The van der Waals surface area contributed by atoms with Crippen molar-refractivity contribution in [3.63, 3.8) is 0 Å². The van der Waals surface area contributed by atoms with Crippen molar-refractivity contribution in [2.75, 3.05) is 13.2 Å². The molecule has 0 radical (unpaired) electrons. The first-order valence-electron chi connectivity index (χ1n) is 12.0. The van der Waals surface area contributed by atoms with Crippen molar-refractivity contribution < 1.29 is 9.84 Å². The highest BCUT2D eigenvalue weighted by atomic mass is 16.5. The molecule has 0 aromatic carbocycles. The predicted octanol–water partition coefficient (Wildman–Crippen LogP) is 3.37. The molecule has 8 nitrogen and oxygen atoms in total. The first kappa shape index (κ1) is 25.6. The van der Waals surface area contributed by atoms with Gasteiger partial charge in [0.05, 0.1) is 12.2 Å². The monoisotopic (exact) mass is 468 g/mol. The molecular weight excluding hydrogens is 432 g/mol. The van der Waals surface area contributed by atoms with E-state index < -0.39 is 11.2 Å². The van der Waals surface area contributed by atoms with Crippen LogP contribution >= 0.6 is 0 Å². The largest absolute Gasteiger partial charge is 0.477 e. The molecule has 0 aliphatic heterocycles. The third-order valence-corrected chi connectivity index (χ3v) is 6.37. The molecule has 0 saturated heterocycles. The zero-order valence-corrected chi connectivity index (χ0v) is 20.7. The number of aryl methyl sites for hydroxylation is 1. The van der Waals surface area contributed by atoms with E-state index in [4.69, 9.17) is 14.8 Å². The SMILES string of the molecule is CC(=C/Cc1ccc(C)nc1)/C(=N\c1c(C)c(=O)n(CCCO)c(=O)n1C)OCC1CCCC1. The molecule has 0 amide bonds. The number of ether oxygens (including phenoxy) is 1. The molecular formula is C26H36N4O4. The van der Waals surface area contributed by atoms with Crippen molar-refractivity contribution in [3.8, 4) is 0 Å². The molecule has 1 N–H and O–H groups in total. The Bertz CT molecular complexity index is 1120. The fourth-order valence-corrected chi connectivity index (χ4v) is 4.17. The Kier molecular flexibility index (Phi) is 8.98. The van der Waals surface area contributed by atoms with Gasteiger partial charge in [-0.1, -0.05) is 25.0 Å². The van der Waals surface area contributed by atoms with Gasteiger partial charge in [-0.25, -0.2) is 4.79 Å². The Hall–Kier alpha value is -3.00. The maximum absolute atomic E-state index is 12.9.